The smallest absolute Gasteiger partial charge is 0.338 e. The molecule has 0 saturated heterocycles. The highest BCUT2D eigenvalue weighted by Gasteiger charge is 2.19. The molecular formula is C20H23NO7. The molecule has 150 valence electrons. The van der Waals surface area contributed by atoms with Crippen molar-refractivity contribution in [3.8, 4) is 23.0 Å². The van der Waals surface area contributed by atoms with E-state index in [2.05, 4.69) is 5.32 Å². The molecule has 0 bridgehead atoms. The van der Waals surface area contributed by atoms with Crippen LogP contribution in [-0.2, 0) is 9.53 Å². The molecular weight excluding hydrogens is 366 g/mol. The predicted octanol–water partition coefficient (Wildman–Crippen LogP) is 2.82. The zero-order valence-corrected chi connectivity index (χ0v) is 16.5. The quantitative estimate of drug-likeness (QED) is 0.694. The molecule has 28 heavy (non-hydrogen) atoms. The molecule has 0 aliphatic rings. The van der Waals surface area contributed by atoms with Gasteiger partial charge in [0.05, 0.1) is 39.7 Å². The molecule has 0 unspecified atom stereocenters. The van der Waals surface area contributed by atoms with Crippen LogP contribution in [-0.4, -0.2) is 46.9 Å². The lowest BCUT2D eigenvalue weighted by atomic mass is 10.2. The Bertz CT molecular complexity index is 839. The average molecular weight is 389 g/mol. The number of hydrogen-bond donors (Lipinski definition) is 1. The lowest BCUT2D eigenvalue weighted by Gasteiger charge is -2.14. The summed E-state index contributed by atoms with van der Waals surface area (Å²) in [6.45, 7) is 1.42. The SMILES string of the molecule is COc1ccc(C)cc1NC(=O)COC(=O)c1cc(OC)c(OC)c(OC)c1. The van der Waals surface area contributed by atoms with E-state index in [-0.39, 0.29) is 5.56 Å². The van der Waals surface area contributed by atoms with E-state index in [1.807, 2.05) is 13.0 Å². The molecule has 0 heterocycles. The number of amides is 1. The van der Waals surface area contributed by atoms with Gasteiger partial charge in [0.2, 0.25) is 5.75 Å². The molecule has 0 spiro atoms. The van der Waals surface area contributed by atoms with E-state index in [9.17, 15) is 9.59 Å². The van der Waals surface area contributed by atoms with Crippen molar-refractivity contribution >= 4 is 17.6 Å². The third-order valence-electron chi connectivity index (χ3n) is 3.86. The molecule has 0 aliphatic carbocycles. The van der Waals surface area contributed by atoms with E-state index in [4.69, 9.17) is 23.7 Å². The van der Waals surface area contributed by atoms with Gasteiger partial charge in [0, 0.05) is 0 Å². The van der Waals surface area contributed by atoms with E-state index >= 15 is 0 Å². The average Bonchev–Trinajstić information content (AvgIpc) is 2.70. The first-order valence-corrected chi connectivity index (χ1v) is 8.35. The van der Waals surface area contributed by atoms with Crippen molar-refractivity contribution in [3.63, 3.8) is 0 Å². The minimum absolute atomic E-state index is 0.162. The molecule has 0 aromatic heterocycles. The third kappa shape index (κ3) is 4.85. The first kappa shape index (κ1) is 20.9. The maximum Gasteiger partial charge on any atom is 0.338 e. The topological polar surface area (TPSA) is 92.3 Å². The molecule has 0 saturated carbocycles. The highest BCUT2D eigenvalue weighted by molar-refractivity contribution is 5.97. The standard InChI is InChI=1S/C20H23NO7/c1-12-6-7-15(24-2)14(8-12)21-18(22)11-28-20(23)13-9-16(25-3)19(27-5)17(10-13)26-4/h6-10H,11H2,1-5H3,(H,21,22). The summed E-state index contributed by atoms with van der Waals surface area (Å²) in [5.74, 6) is 0.279. The summed E-state index contributed by atoms with van der Waals surface area (Å²) in [4.78, 5) is 24.5. The van der Waals surface area contributed by atoms with Gasteiger partial charge in [0.1, 0.15) is 5.75 Å². The van der Waals surface area contributed by atoms with E-state index in [0.717, 1.165) is 5.56 Å². The van der Waals surface area contributed by atoms with Gasteiger partial charge in [-0.15, -0.1) is 0 Å². The first-order valence-electron chi connectivity index (χ1n) is 8.35. The molecule has 2 rings (SSSR count). The van der Waals surface area contributed by atoms with Gasteiger partial charge in [-0.05, 0) is 36.8 Å². The molecule has 8 heteroatoms. The van der Waals surface area contributed by atoms with Crippen molar-refractivity contribution in [3.05, 3.63) is 41.5 Å². The van der Waals surface area contributed by atoms with Crippen molar-refractivity contribution in [1.82, 2.24) is 0 Å². The van der Waals surface area contributed by atoms with Gasteiger partial charge in [-0.3, -0.25) is 4.79 Å². The van der Waals surface area contributed by atoms with Crippen molar-refractivity contribution in [2.75, 3.05) is 40.4 Å². The van der Waals surface area contributed by atoms with Crippen LogP contribution in [0.5, 0.6) is 23.0 Å². The first-order chi connectivity index (χ1) is 13.4. The second kappa shape index (κ2) is 9.50. The van der Waals surface area contributed by atoms with Crippen LogP contribution in [0.2, 0.25) is 0 Å². The maximum absolute atomic E-state index is 12.3. The van der Waals surface area contributed by atoms with Gasteiger partial charge in [0.15, 0.2) is 18.1 Å². The Labute approximate surface area is 163 Å². The van der Waals surface area contributed by atoms with Gasteiger partial charge in [-0.2, -0.15) is 0 Å². The Hall–Kier alpha value is -3.42. The van der Waals surface area contributed by atoms with E-state index in [1.54, 1.807) is 12.1 Å². The number of benzene rings is 2. The highest BCUT2D eigenvalue weighted by atomic mass is 16.5. The highest BCUT2D eigenvalue weighted by Crippen LogP contribution is 2.38. The number of aryl methyl sites for hydroxylation is 1. The van der Waals surface area contributed by atoms with Crippen LogP contribution < -0.4 is 24.3 Å². The molecule has 1 amide bonds. The summed E-state index contributed by atoms with van der Waals surface area (Å²) >= 11 is 0. The van der Waals surface area contributed by atoms with Crippen LogP contribution in [0.15, 0.2) is 30.3 Å². The summed E-state index contributed by atoms with van der Waals surface area (Å²) in [7, 11) is 5.84. The van der Waals surface area contributed by atoms with Crippen LogP contribution in [0.4, 0.5) is 5.69 Å². The van der Waals surface area contributed by atoms with E-state index < -0.39 is 18.5 Å². The lowest BCUT2D eigenvalue weighted by molar-refractivity contribution is -0.119. The Morgan fingerprint density at radius 1 is 0.857 bits per heavy atom. The second-order valence-electron chi connectivity index (χ2n) is 5.74. The van der Waals surface area contributed by atoms with Crippen LogP contribution in [0.1, 0.15) is 15.9 Å². The van der Waals surface area contributed by atoms with Gasteiger partial charge in [0.25, 0.3) is 5.91 Å². The fourth-order valence-electron chi connectivity index (χ4n) is 2.52. The molecule has 2 aromatic carbocycles. The van der Waals surface area contributed by atoms with E-state index in [0.29, 0.717) is 28.7 Å². The third-order valence-corrected chi connectivity index (χ3v) is 3.86. The Kier molecular flexibility index (Phi) is 7.08. The number of anilines is 1. The minimum Gasteiger partial charge on any atom is -0.495 e. The number of methoxy groups -OCH3 is 4. The van der Waals surface area contributed by atoms with Crippen LogP contribution in [0.25, 0.3) is 0 Å². The summed E-state index contributed by atoms with van der Waals surface area (Å²) in [5.41, 5.74) is 1.61. The summed E-state index contributed by atoms with van der Waals surface area (Å²) in [6, 6.07) is 8.26. The Morgan fingerprint density at radius 2 is 1.46 bits per heavy atom. The molecule has 0 aliphatic heterocycles. The van der Waals surface area contributed by atoms with Crippen molar-refractivity contribution in [2.24, 2.45) is 0 Å². The van der Waals surface area contributed by atoms with Gasteiger partial charge >= 0.3 is 5.97 Å². The zero-order chi connectivity index (χ0) is 20.7. The molecule has 2 aromatic rings. The molecule has 8 nitrogen and oxygen atoms in total. The summed E-state index contributed by atoms with van der Waals surface area (Å²) in [6.07, 6.45) is 0. The van der Waals surface area contributed by atoms with Crippen LogP contribution in [0, 0.1) is 6.92 Å². The van der Waals surface area contributed by atoms with Gasteiger partial charge in [-0.25, -0.2) is 4.79 Å². The van der Waals surface area contributed by atoms with Crippen LogP contribution in [0.3, 0.4) is 0 Å². The molecule has 0 atom stereocenters. The number of rotatable bonds is 8. The summed E-state index contributed by atoms with van der Waals surface area (Å²) < 4.78 is 25.9. The number of esters is 1. The predicted molar refractivity (Wildman–Crippen MR) is 103 cm³/mol. The fourth-order valence-corrected chi connectivity index (χ4v) is 2.52. The number of hydrogen-bond acceptors (Lipinski definition) is 7. The Morgan fingerprint density at radius 3 is 2.00 bits per heavy atom. The largest absolute Gasteiger partial charge is 0.495 e. The van der Waals surface area contributed by atoms with E-state index in [1.165, 1.54) is 40.6 Å². The minimum atomic E-state index is -0.703. The Balaban J connectivity index is 2.08. The molecule has 0 fully saturated rings. The maximum atomic E-state index is 12.3. The monoisotopic (exact) mass is 389 g/mol. The van der Waals surface area contributed by atoms with Crippen molar-refractivity contribution in [1.29, 1.82) is 0 Å². The zero-order valence-electron chi connectivity index (χ0n) is 16.5. The number of ether oxygens (including phenoxy) is 5. The number of carbonyl (C=O) groups is 2. The molecule has 1 N–H and O–H groups in total. The van der Waals surface area contributed by atoms with Crippen molar-refractivity contribution < 1.29 is 33.3 Å². The van der Waals surface area contributed by atoms with Gasteiger partial charge in [-0.1, -0.05) is 6.07 Å². The van der Waals surface area contributed by atoms with Crippen molar-refractivity contribution in [2.45, 2.75) is 6.92 Å². The lowest BCUT2D eigenvalue weighted by Crippen LogP contribution is -2.21. The van der Waals surface area contributed by atoms with Crippen LogP contribution >= 0.6 is 0 Å². The van der Waals surface area contributed by atoms with Gasteiger partial charge < -0.3 is 29.0 Å². The summed E-state index contributed by atoms with van der Waals surface area (Å²) in [5, 5.41) is 2.66. The molecule has 0 radical (unpaired) electrons. The fraction of sp³-hybridized carbons (Fsp3) is 0.300. The normalized spacial score (nSPS) is 10.0. The number of nitrogens with one attached hydrogen (secondary N) is 1. The second-order valence-corrected chi connectivity index (χ2v) is 5.74. The number of carbonyl (C=O) groups excluding carboxylic acids is 2.